The molecule has 1 amide bonds. The molecule has 0 bridgehead atoms. The smallest absolute Gasteiger partial charge is 0.335 e. The van der Waals surface area contributed by atoms with Crippen molar-refractivity contribution in [2.75, 3.05) is 0 Å². The SMILES string of the molecule is O=C(CCc1ccccn1)NCc1cccc(C(=O)O)c1. The van der Waals surface area contributed by atoms with Gasteiger partial charge < -0.3 is 10.4 Å². The summed E-state index contributed by atoms with van der Waals surface area (Å²) in [6, 6.07) is 12.1. The van der Waals surface area contributed by atoms with Crippen LogP contribution >= 0.6 is 0 Å². The van der Waals surface area contributed by atoms with E-state index in [1.165, 1.54) is 6.07 Å². The predicted octanol–water partition coefficient (Wildman–Crippen LogP) is 2.03. The molecule has 0 fully saturated rings. The van der Waals surface area contributed by atoms with Gasteiger partial charge in [0.2, 0.25) is 5.91 Å². The van der Waals surface area contributed by atoms with E-state index in [-0.39, 0.29) is 11.5 Å². The van der Waals surface area contributed by atoms with Gasteiger partial charge in [0, 0.05) is 24.9 Å². The molecular weight excluding hydrogens is 268 g/mol. The van der Waals surface area contributed by atoms with Crippen LogP contribution < -0.4 is 5.32 Å². The fourth-order valence-corrected chi connectivity index (χ4v) is 1.89. The Bertz CT molecular complexity index is 626. The Labute approximate surface area is 122 Å². The van der Waals surface area contributed by atoms with Gasteiger partial charge in [-0.25, -0.2) is 4.79 Å². The standard InChI is InChI=1S/C16H16N2O3/c19-15(8-7-14-6-1-2-9-17-14)18-11-12-4-3-5-13(10-12)16(20)21/h1-6,9-10H,7-8,11H2,(H,18,19)(H,20,21). The quantitative estimate of drug-likeness (QED) is 0.850. The molecule has 0 unspecified atom stereocenters. The number of pyridine rings is 1. The van der Waals surface area contributed by atoms with Crippen LogP contribution in [0, 0.1) is 0 Å². The second kappa shape index (κ2) is 7.19. The zero-order valence-electron chi connectivity index (χ0n) is 11.5. The highest BCUT2D eigenvalue weighted by Crippen LogP contribution is 2.05. The third-order valence-corrected chi connectivity index (χ3v) is 3.00. The summed E-state index contributed by atoms with van der Waals surface area (Å²) < 4.78 is 0. The number of carbonyl (C=O) groups is 2. The van der Waals surface area contributed by atoms with E-state index in [1.807, 2.05) is 18.2 Å². The largest absolute Gasteiger partial charge is 0.478 e. The number of rotatable bonds is 6. The molecule has 1 heterocycles. The summed E-state index contributed by atoms with van der Waals surface area (Å²) in [4.78, 5) is 26.8. The molecule has 5 heteroatoms. The average Bonchev–Trinajstić information content (AvgIpc) is 2.52. The Balaban J connectivity index is 1.81. The van der Waals surface area contributed by atoms with E-state index in [9.17, 15) is 9.59 Å². The number of carbonyl (C=O) groups excluding carboxylic acids is 1. The van der Waals surface area contributed by atoms with Crippen molar-refractivity contribution in [3.05, 3.63) is 65.5 Å². The minimum absolute atomic E-state index is 0.0821. The van der Waals surface area contributed by atoms with Gasteiger partial charge in [-0.15, -0.1) is 0 Å². The Morgan fingerprint density at radius 2 is 2.00 bits per heavy atom. The third kappa shape index (κ3) is 4.72. The number of carboxylic acid groups (broad SMARTS) is 1. The van der Waals surface area contributed by atoms with Crippen molar-refractivity contribution in [2.45, 2.75) is 19.4 Å². The van der Waals surface area contributed by atoms with Crippen molar-refractivity contribution in [1.82, 2.24) is 10.3 Å². The molecule has 5 nitrogen and oxygen atoms in total. The van der Waals surface area contributed by atoms with E-state index < -0.39 is 5.97 Å². The zero-order chi connectivity index (χ0) is 15.1. The summed E-state index contributed by atoms with van der Waals surface area (Å²) in [5, 5.41) is 11.7. The lowest BCUT2D eigenvalue weighted by Gasteiger charge is -2.06. The number of amides is 1. The molecule has 2 aromatic rings. The van der Waals surface area contributed by atoms with Gasteiger partial charge in [-0.2, -0.15) is 0 Å². The lowest BCUT2D eigenvalue weighted by Crippen LogP contribution is -2.23. The Kier molecular flexibility index (Phi) is 5.04. The first kappa shape index (κ1) is 14.7. The fourth-order valence-electron chi connectivity index (χ4n) is 1.89. The van der Waals surface area contributed by atoms with E-state index in [4.69, 9.17) is 5.11 Å². The predicted molar refractivity (Wildman–Crippen MR) is 77.8 cm³/mol. The second-order valence-electron chi connectivity index (χ2n) is 4.60. The van der Waals surface area contributed by atoms with Crippen LogP contribution in [0.5, 0.6) is 0 Å². The molecule has 2 N–H and O–H groups in total. The van der Waals surface area contributed by atoms with Gasteiger partial charge >= 0.3 is 5.97 Å². The van der Waals surface area contributed by atoms with Crippen LogP contribution in [0.25, 0.3) is 0 Å². The maximum atomic E-state index is 11.8. The number of nitrogens with zero attached hydrogens (tertiary/aromatic N) is 1. The molecular formula is C16H16N2O3. The molecule has 108 valence electrons. The number of aromatic carboxylic acids is 1. The van der Waals surface area contributed by atoms with Crippen LogP contribution in [0.4, 0.5) is 0 Å². The maximum Gasteiger partial charge on any atom is 0.335 e. The minimum atomic E-state index is -0.974. The molecule has 1 aromatic heterocycles. The van der Waals surface area contributed by atoms with Crippen LogP contribution in [0.2, 0.25) is 0 Å². The van der Waals surface area contributed by atoms with Crippen LogP contribution in [0.1, 0.15) is 28.0 Å². The van der Waals surface area contributed by atoms with Gasteiger partial charge in [0.05, 0.1) is 5.56 Å². The lowest BCUT2D eigenvalue weighted by molar-refractivity contribution is -0.121. The molecule has 0 spiro atoms. The zero-order valence-corrected chi connectivity index (χ0v) is 11.5. The molecule has 0 saturated heterocycles. The summed E-state index contributed by atoms with van der Waals surface area (Å²) in [5.74, 6) is -1.06. The van der Waals surface area contributed by atoms with Crippen LogP contribution in [-0.2, 0) is 17.8 Å². The molecule has 0 aliphatic rings. The first-order valence-corrected chi connectivity index (χ1v) is 6.64. The Morgan fingerprint density at radius 3 is 2.71 bits per heavy atom. The molecule has 0 atom stereocenters. The van der Waals surface area contributed by atoms with Gasteiger partial charge in [-0.3, -0.25) is 9.78 Å². The van der Waals surface area contributed by atoms with Crippen molar-refractivity contribution in [2.24, 2.45) is 0 Å². The highest BCUT2D eigenvalue weighted by molar-refractivity contribution is 5.87. The van der Waals surface area contributed by atoms with E-state index in [0.717, 1.165) is 11.3 Å². The monoisotopic (exact) mass is 284 g/mol. The van der Waals surface area contributed by atoms with Crippen molar-refractivity contribution in [1.29, 1.82) is 0 Å². The topological polar surface area (TPSA) is 79.3 Å². The Hall–Kier alpha value is -2.69. The number of benzene rings is 1. The second-order valence-corrected chi connectivity index (χ2v) is 4.60. The van der Waals surface area contributed by atoms with Gasteiger partial charge in [0.1, 0.15) is 0 Å². The molecule has 2 rings (SSSR count). The number of carboxylic acids is 1. The maximum absolute atomic E-state index is 11.8. The molecule has 1 aromatic carbocycles. The van der Waals surface area contributed by atoms with E-state index in [0.29, 0.717) is 19.4 Å². The van der Waals surface area contributed by atoms with Crippen molar-refractivity contribution >= 4 is 11.9 Å². The highest BCUT2D eigenvalue weighted by Gasteiger charge is 2.05. The third-order valence-electron chi connectivity index (χ3n) is 3.00. The molecule has 0 aliphatic heterocycles. The van der Waals surface area contributed by atoms with Gasteiger partial charge in [0.25, 0.3) is 0 Å². The molecule has 0 radical (unpaired) electrons. The summed E-state index contributed by atoms with van der Waals surface area (Å²) in [6.45, 7) is 0.322. The van der Waals surface area contributed by atoms with E-state index >= 15 is 0 Å². The molecule has 0 aliphatic carbocycles. The van der Waals surface area contributed by atoms with Crippen LogP contribution in [0.3, 0.4) is 0 Å². The van der Waals surface area contributed by atoms with E-state index in [1.54, 1.807) is 24.4 Å². The lowest BCUT2D eigenvalue weighted by atomic mass is 10.1. The Morgan fingerprint density at radius 1 is 1.14 bits per heavy atom. The van der Waals surface area contributed by atoms with Crippen LogP contribution in [-0.4, -0.2) is 22.0 Å². The summed E-state index contributed by atoms with van der Waals surface area (Å²) >= 11 is 0. The first-order valence-electron chi connectivity index (χ1n) is 6.64. The first-order chi connectivity index (χ1) is 10.1. The normalized spacial score (nSPS) is 10.1. The van der Waals surface area contributed by atoms with Crippen molar-refractivity contribution < 1.29 is 14.7 Å². The van der Waals surface area contributed by atoms with Crippen LogP contribution in [0.15, 0.2) is 48.7 Å². The molecule has 21 heavy (non-hydrogen) atoms. The average molecular weight is 284 g/mol. The summed E-state index contributed by atoms with van der Waals surface area (Å²) in [6.07, 6.45) is 2.64. The van der Waals surface area contributed by atoms with Crippen molar-refractivity contribution in [3.63, 3.8) is 0 Å². The van der Waals surface area contributed by atoms with Gasteiger partial charge in [-0.05, 0) is 36.2 Å². The number of hydrogen-bond donors (Lipinski definition) is 2. The summed E-state index contributed by atoms with van der Waals surface area (Å²) in [7, 11) is 0. The van der Waals surface area contributed by atoms with E-state index in [2.05, 4.69) is 10.3 Å². The van der Waals surface area contributed by atoms with Gasteiger partial charge in [0.15, 0.2) is 0 Å². The summed E-state index contributed by atoms with van der Waals surface area (Å²) in [5.41, 5.74) is 1.86. The number of aryl methyl sites for hydroxylation is 1. The van der Waals surface area contributed by atoms with Gasteiger partial charge in [-0.1, -0.05) is 18.2 Å². The van der Waals surface area contributed by atoms with Crippen molar-refractivity contribution in [3.8, 4) is 0 Å². The number of nitrogens with one attached hydrogen (secondary N) is 1. The molecule has 0 saturated carbocycles. The number of aromatic nitrogens is 1. The highest BCUT2D eigenvalue weighted by atomic mass is 16.4. The minimum Gasteiger partial charge on any atom is -0.478 e. The number of hydrogen-bond acceptors (Lipinski definition) is 3. The fraction of sp³-hybridized carbons (Fsp3) is 0.188.